The van der Waals surface area contributed by atoms with Crippen LogP contribution in [0.15, 0.2) is 53.3 Å². The zero-order valence-corrected chi connectivity index (χ0v) is 18.2. The number of nitrogens with zero attached hydrogens (tertiary/aromatic N) is 2. The van der Waals surface area contributed by atoms with Crippen molar-refractivity contribution >= 4 is 11.6 Å². The van der Waals surface area contributed by atoms with Crippen LogP contribution < -0.4 is 15.5 Å². The maximum absolute atomic E-state index is 13.1. The first-order chi connectivity index (χ1) is 15.6. The largest absolute Gasteiger partial charge is 0.489 e. The van der Waals surface area contributed by atoms with Gasteiger partial charge >= 0.3 is 6.18 Å². The molecule has 0 atom stereocenters. The van der Waals surface area contributed by atoms with Crippen molar-refractivity contribution in [1.29, 1.82) is 0 Å². The lowest BCUT2D eigenvalue weighted by molar-refractivity contribution is -0.137. The number of ether oxygens (including phenoxy) is 2. The highest BCUT2D eigenvalue weighted by atomic mass is 19.4. The fraction of sp³-hybridized carbons (Fsp3) is 0.261. The predicted molar refractivity (Wildman–Crippen MR) is 116 cm³/mol. The molecule has 0 saturated heterocycles. The summed E-state index contributed by atoms with van der Waals surface area (Å²) in [6, 6.07) is 10.7. The van der Waals surface area contributed by atoms with Gasteiger partial charge in [0.1, 0.15) is 12.4 Å². The van der Waals surface area contributed by atoms with Crippen LogP contribution in [0.3, 0.4) is 0 Å². The van der Waals surface area contributed by atoms with Gasteiger partial charge in [-0.2, -0.15) is 18.3 Å². The van der Waals surface area contributed by atoms with E-state index in [2.05, 4.69) is 10.4 Å². The highest BCUT2D eigenvalue weighted by molar-refractivity contribution is 6.03. The molecule has 33 heavy (non-hydrogen) atoms. The molecule has 3 rings (SSSR count). The molecule has 0 saturated carbocycles. The first kappa shape index (κ1) is 24.0. The Balaban J connectivity index is 1.95. The van der Waals surface area contributed by atoms with Gasteiger partial charge in [-0.3, -0.25) is 9.59 Å². The topological polar surface area (TPSA) is 82.4 Å². The fourth-order valence-corrected chi connectivity index (χ4v) is 3.05. The number of methoxy groups -OCH3 is 1. The van der Waals surface area contributed by atoms with Gasteiger partial charge in [-0.15, -0.1) is 0 Å². The zero-order valence-electron chi connectivity index (χ0n) is 18.2. The summed E-state index contributed by atoms with van der Waals surface area (Å²) in [4.78, 5) is 25.3. The Labute approximate surface area is 187 Å². The van der Waals surface area contributed by atoms with E-state index in [0.717, 1.165) is 28.4 Å². The SMILES string of the molecule is COCCOc1cc(C)ccc1NC(=O)c1nn(-c2cccc(C(F)(F)F)c2)c(C)cc1=O. The van der Waals surface area contributed by atoms with E-state index < -0.39 is 28.8 Å². The van der Waals surface area contributed by atoms with E-state index in [0.29, 0.717) is 18.0 Å². The normalized spacial score (nSPS) is 11.3. The number of anilines is 1. The fourth-order valence-electron chi connectivity index (χ4n) is 3.05. The number of aromatic nitrogens is 2. The van der Waals surface area contributed by atoms with Crippen molar-refractivity contribution in [1.82, 2.24) is 9.78 Å². The smallest absolute Gasteiger partial charge is 0.416 e. The molecule has 0 aliphatic carbocycles. The van der Waals surface area contributed by atoms with Crippen LogP contribution >= 0.6 is 0 Å². The van der Waals surface area contributed by atoms with Crippen LogP contribution in [0.4, 0.5) is 18.9 Å². The quantitative estimate of drug-likeness (QED) is 0.535. The maximum atomic E-state index is 13.1. The molecule has 0 unspecified atom stereocenters. The average molecular weight is 461 g/mol. The maximum Gasteiger partial charge on any atom is 0.416 e. The molecule has 1 heterocycles. The summed E-state index contributed by atoms with van der Waals surface area (Å²) < 4.78 is 51.0. The number of carbonyl (C=O) groups excluding carboxylic acids is 1. The van der Waals surface area contributed by atoms with Gasteiger partial charge in [-0.25, -0.2) is 4.68 Å². The van der Waals surface area contributed by atoms with Crippen LogP contribution in [-0.2, 0) is 10.9 Å². The summed E-state index contributed by atoms with van der Waals surface area (Å²) in [5.74, 6) is -0.438. The van der Waals surface area contributed by atoms with Crippen molar-refractivity contribution < 1.29 is 27.4 Å². The first-order valence-corrected chi connectivity index (χ1v) is 9.92. The Kier molecular flexibility index (Phi) is 7.17. The van der Waals surface area contributed by atoms with Crippen molar-refractivity contribution in [2.24, 2.45) is 0 Å². The van der Waals surface area contributed by atoms with Crippen LogP contribution in [0.2, 0.25) is 0 Å². The zero-order chi connectivity index (χ0) is 24.2. The molecule has 1 aromatic heterocycles. The molecule has 2 aromatic carbocycles. The number of hydrogen-bond donors (Lipinski definition) is 1. The number of rotatable bonds is 7. The number of amides is 1. The highest BCUT2D eigenvalue weighted by Gasteiger charge is 2.30. The molecule has 1 amide bonds. The summed E-state index contributed by atoms with van der Waals surface area (Å²) in [6.45, 7) is 3.94. The lowest BCUT2D eigenvalue weighted by atomic mass is 10.2. The monoisotopic (exact) mass is 461 g/mol. The molecule has 10 heteroatoms. The van der Waals surface area contributed by atoms with Gasteiger partial charge < -0.3 is 14.8 Å². The molecule has 7 nitrogen and oxygen atoms in total. The number of alkyl halides is 3. The molecule has 0 bridgehead atoms. The minimum absolute atomic E-state index is 0.0651. The van der Waals surface area contributed by atoms with Gasteiger partial charge in [0, 0.05) is 18.9 Å². The van der Waals surface area contributed by atoms with Gasteiger partial charge in [0.25, 0.3) is 5.91 Å². The van der Waals surface area contributed by atoms with Crippen molar-refractivity contribution in [3.05, 3.63) is 81.3 Å². The molecule has 0 spiro atoms. The van der Waals surface area contributed by atoms with Gasteiger partial charge in [0.15, 0.2) is 5.69 Å². The number of aryl methyl sites for hydroxylation is 2. The second-order valence-corrected chi connectivity index (χ2v) is 7.25. The third-order valence-electron chi connectivity index (χ3n) is 4.67. The summed E-state index contributed by atoms with van der Waals surface area (Å²) >= 11 is 0. The summed E-state index contributed by atoms with van der Waals surface area (Å²) in [5.41, 5.74) is -0.466. The van der Waals surface area contributed by atoms with Crippen LogP contribution in [-0.4, -0.2) is 36.0 Å². The second-order valence-electron chi connectivity index (χ2n) is 7.25. The summed E-state index contributed by atoms with van der Waals surface area (Å²) in [6.07, 6.45) is -4.55. The van der Waals surface area contributed by atoms with Crippen molar-refractivity contribution in [2.75, 3.05) is 25.6 Å². The second kappa shape index (κ2) is 9.86. The minimum atomic E-state index is -4.55. The summed E-state index contributed by atoms with van der Waals surface area (Å²) in [5, 5.41) is 6.64. The van der Waals surface area contributed by atoms with E-state index in [4.69, 9.17) is 9.47 Å². The first-order valence-electron chi connectivity index (χ1n) is 9.92. The molecule has 0 fully saturated rings. The molecular weight excluding hydrogens is 439 g/mol. The standard InChI is InChI=1S/C23H22F3N3O4/c1-14-7-8-18(20(11-14)33-10-9-32-3)27-22(31)21-19(30)12-15(2)29(28-21)17-6-4-5-16(13-17)23(24,25)26/h4-8,11-13H,9-10H2,1-3H3,(H,27,31). The van der Waals surface area contributed by atoms with E-state index in [9.17, 15) is 22.8 Å². The minimum Gasteiger partial charge on any atom is -0.489 e. The number of halogens is 3. The molecular formula is C23H22F3N3O4. The molecule has 1 N–H and O–H groups in total. The van der Waals surface area contributed by atoms with Gasteiger partial charge in [0.05, 0.1) is 23.5 Å². The number of carbonyl (C=O) groups is 1. The average Bonchev–Trinajstić information content (AvgIpc) is 2.75. The molecule has 0 radical (unpaired) electrons. The van der Waals surface area contributed by atoms with Gasteiger partial charge in [0.2, 0.25) is 5.43 Å². The van der Waals surface area contributed by atoms with E-state index in [1.165, 1.54) is 26.2 Å². The van der Waals surface area contributed by atoms with Crippen LogP contribution in [0.5, 0.6) is 5.75 Å². The van der Waals surface area contributed by atoms with E-state index >= 15 is 0 Å². The van der Waals surface area contributed by atoms with E-state index in [1.807, 2.05) is 6.92 Å². The molecule has 0 aliphatic heterocycles. The third kappa shape index (κ3) is 5.78. The lowest BCUT2D eigenvalue weighted by Gasteiger charge is -2.15. The van der Waals surface area contributed by atoms with Crippen molar-refractivity contribution in [2.45, 2.75) is 20.0 Å². The van der Waals surface area contributed by atoms with Crippen LogP contribution in [0.1, 0.15) is 27.3 Å². The Bertz CT molecular complexity index is 1220. The Hall–Kier alpha value is -3.66. The van der Waals surface area contributed by atoms with Crippen molar-refractivity contribution in [3.63, 3.8) is 0 Å². The van der Waals surface area contributed by atoms with E-state index in [1.54, 1.807) is 18.2 Å². The molecule has 174 valence electrons. The predicted octanol–water partition coefficient (Wildman–Crippen LogP) is 4.15. The Morgan fingerprint density at radius 1 is 1.09 bits per heavy atom. The molecule has 0 aliphatic rings. The number of hydrogen-bond acceptors (Lipinski definition) is 5. The van der Waals surface area contributed by atoms with E-state index in [-0.39, 0.29) is 18.0 Å². The lowest BCUT2D eigenvalue weighted by Crippen LogP contribution is -2.27. The van der Waals surface area contributed by atoms with Crippen molar-refractivity contribution in [3.8, 4) is 11.4 Å². The van der Waals surface area contributed by atoms with Crippen LogP contribution in [0.25, 0.3) is 5.69 Å². The third-order valence-corrected chi connectivity index (χ3v) is 4.67. The highest BCUT2D eigenvalue weighted by Crippen LogP contribution is 2.30. The van der Waals surface area contributed by atoms with Gasteiger partial charge in [-0.05, 0) is 49.7 Å². The van der Waals surface area contributed by atoms with Gasteiger partial charge in [-0.1, -0.05) is 12.1 Å². The Morgan fingerprint density at radius 3 is 2.55 bits per heavy atom. The number of benzene rings is 2. The number of nitrogens with one attached hydrogen (secondary N) is 1. The van der Waals surface area contributed by atoms with Crippen LogP contribution in [0, 0.1) is 13.8 Å². The molecule has 3 aromatic rings. The Morgan fingerprint density at radius 2 is 1.85 bits per heavy atom. The summed E-state index contributed by atoms with van der Waals surface area (Å²) in [7, 11) is 1.53.